The smallest absolute Gasteiger partial charge is 0.154 e. The fraction of sp³-hybridized carbons (Fsp3) is 0.917. The molecule has 0 bridgehead atoms. The third-order valence-electron chi connectivity index (χ3n) is 3.83. The first-order chi connectivity index (χ1) is 7.08. The van der Waals surface area contributed by atoms with Gasteiger partial charge in [0.1, 0.15) is 0 Å². The number of rotatable bonds is 1. The molecule has 0 aromatic carbocycles. The Kier molecular flexibility index (Phi) is 2.86. The molecule has 0 aromatic heterocycles. The highest BCUT2D eigenvalue weighted by molar-refractivity contribution is 5.90. The van der Waals surface area contributed by atoms with Gasteiger partial charge in [0.2, 0.25) is 0 Å². The third kappa shape index (κ3) is 1.72. The van der Waals surface area contributed by atoms with Gasteiger partial charge in [-0.15, -0.1) is 0 Å². The van der Waals surface area contributed by atoms with Gasteiger partial charge < -0.3 is 4.74 Å². The Hall–Kier alpha value is -0.410. The van der Waals surface area contributed by atoms with Gasteiger partial charge in [-0.05, 0) is 33.2 Å². The number of likely N-dealkylation sites (tertiary alicyclic amines) is 1. The lowest BCUT2D eigenvalue weighted by Gasteiger charge is -2.44. The SMILES string of the molecule is CCN1CCC(=O)C12C[C@@H](C)O[C@@H](C)C2. The largest absolute Gasteiger partial charge is 0.375 e. The van der Waals surface area contributed by atoms with E-state index < -0.39 is 0 Å². The van der Waals surface area contributed by atoms with Crippen LogP contribution in [0.3, 0.4) is 0 Å². The van der Waals surface area contributed by atoms with Crippen LogP contribution < -0.4 is 0 Å². The van der Waals surface area contributed by atoms with Crippen molar-refractivity contribution in [3.63, 3.8) is 0 Å². The minimum Gasteiger partial charge on any atom is -0.375 e. The van der Waals surface area contributed by atoms with E-state index in [0.29, 0.717) is 5.78 Å². The predicted molar refractivity (Wildman–Crippen MR) is 58.8 cm³/mol. The molecule has 0 saturated carbocycles. The summed E-state index contributed by atoms with van der Waals surface area (Å²) in [4.78, 5) is 14.5. The number of hydrogen-bond acceptors (Lipinski definition) is 3. The Labute approximate surface area is 91.8 Å². The van der Waals surface area contributed by atoms with Crippen LogP contribution in [0.4, 0.5) is 0 Å². The summed E-state index contributed by atoms with van der Waals surface area (Å²) in [5.41, 5.74) is -0.189. The monoisotopic (exact) mass is 211 g/mol. The zero-order chi connectivity index (χ0) is 11.1. The maximum atomic E-state index is 12.1. The second-order valence-corrected chi connectivity index (χ2v) is 4.95. The van der Waals surface area contributed by atoms with Crippen molar-refractivity contribution < 1.29 is 9.53 Å². The second-order valence-electron chi connectivity index (χ2n) is 4.95. The zero-order valence-corrected chi connectivity index (χ0v) is 9.95. The maximum Gasteiger partial charge on any atom is 0.154 e. The molecule has 0 amide bonds. The fourth-order valence-corrected chi connectivity index (χ4v) is 3.33. The topological polar surface area (TPSA) is 29.5 Å². The average molecular weight is 211 g/mol. The van der Waals surface area contributed by atoms with Crippen LogP contribution in [0.2, 0.25) is 0 Å². The van der Waals surface area contributed by atoms with Crippen LogP contribution in [-0.4, -0.2) is 41.5 Å². The van der Waals surface area contributed by atoms with Gasteiger partial charge in [0, 0.05) is 13.0 Å². The van der Waals surface area contributed by atoms with Crippen molar-refractivity contribution in [3.8, 4) is 0 Å². The Bertz CT molecular complexity index is 254. The molecule has 86 valence electrons. The van der Waals surface area contributed by atoms with E-state index >= 15 is 0 Å². The van der Waals surface area contributed by atoms with E-state index in [0.717, 1.165) is 32.4 Å². The van der Waals surface area contributed by atoms with E-state index in [9.17, 15) is 4.79 Å². The highest BCUT2D eigenvalue weighted by Crippen LogP contribution is 2.39. The molecule has 3 atom stereocenters. The molecule has 1 unspecified atom stereocenters. The lowest BCUT2D eigenvalue weighted by atomic mass is 9.81. The summed E-state index contributed by atoms with van der Waals surface area (Å²) < 4.78 is 5.74. The van der Waals surface area contributed by atoms with E-state index in [1.165, 1.54) is 0 Å². The van der Waals surface area contributed by atoms with Crippen molar-refractivity contribution in [1.82, 2.24) is 4.90 Å². The van der Waals surface area contributed by atoms with Gasteiger partial charge >= 0.3 is 0 Å². The molecule has 2 fully saturated rings. The molecule has 15 heavy (non-hydrogen) atoms. The predicted octanol–water partition coefficient (Wildman–Crippen LogP) is 1.61. The van der Waals surface area contributed by atoms with Gasteiger partial charge in [0.05, 0.1) is 17.7 Å². The number of ketones is 1. The number of carbonyl (C=O) groups is 1. The first-order valence-electron chi connectivity index (χ1n) is 6.02. The van der Waals surface area contributed by atoms with Crippen molar-refractivity contribution >= 4 is 5.78 Å². The van der Waals surface area contributed by atoms with E-state index in [2.05, 4.69) is 25.7 Å². The van der Waals surface area contributed by atoms with Crippen LogP contribution in [0.25, 0.3) is 0 Å². The Morgan fingerprint density at radius 2 is 2.00 bits per heavy atom. The molecule has 2 saturated heterocycles. The van der Waals surface area contributed by atoms with E-state index in [1.807, 2.05) is 0 Å². The standard InChI is InChI=1S/C12H21NO2/c1-4-13-6-5-11(14)12(13)7-9(2)15-10(3)8-12/h9-10H,4-8H2,1-3H3/t9-,10+,12?. The molecule has 2 rings (SSSR count). The highest BCUT2D eigenvalue weighted by atomic mass is 16.5. The number of nitrogens with zero attached hydrogens (tertiary/aromatic N) is 1. The number of likely N-dealkylation sites (N-methyl/N-ethyl adjacent to an activating group) is 1. The first-order valence-corrected chi connectivity index (χ1v) is 6.02. The molecule has 0 aliphatic carbocycles. The Balaban J connectivity index is 2.25. The molecule has 0 aromatic rings. The average Bonchev–Trinajstić information content (AvgIpc) is 2.42. The van der Waals surface area contributed by atoms with Crippen LogP contribution in [0.1, 0.15) is 40.0 Å². The molecular weight excluding hydrogens is 190 g/mol. The molecule has 2 heterocycles. The first kappa shape index (κ1) is 11.1. The summed E-state index contributed by atoms with van der Waals surface area (Å²) >= 11 is 0. The Morgan fingerprint density at radius 3 is 2.53 bits per heavy atom. The molecule has 2 aliphatic heterocycles. The van der Waals surface area contributed by atoms with Gasteiger partial charge in [-0.2, -0.15) is 0 Å². The third-order valence-corrected chi connectivity index (χ3v) is 3.83. The minimum atomic E-state index is -0.189. The fourth-order valence-electron chi connectivity index (χ4n) is 3.33. The van der Waals surface area contributed by atoms with Crippen molar-refractivity contribution in [2.24, 2.45) is 0 Å². The number of ether oxygens (including phenoxy) is 1. The molecule has 3 nitrogen and oxygen atoms in total. The van der Waals surface area contributed by atoms with E-state index in [-0.39, 0.29) is 17.7 Å². The summed E-state index contributed by atoms with van der Waals surface area (Å²) in [7, 11) is 0. The minimum absolute atomic E-state index is 0.189. The number of carbonyl (C=O) groups excluding carboxylic acids is 1. The van der Waals surface area contributed by atoms with Gasteiger partial charge in [-0.1, -0.05) is 6.92 Å². The van der Waals surface area contributed by atoms with Crippen molar-refractivity contribution in [2.45, 2.75) is 57.8 Å². The van der Waals surface area contributed by atoms with E-state index in [1.54, 1.807) is 0 Å². The molecule has 1 spiro atoms. The van der Waals surface area contributed by atoms with E-state index in [4.69, 9.17) is 4.74 Å². The highest BCUT2D eigenvalue weighted by Gasteiger charge is 2.51. The van der Waals surface area contributed by atoms with Crippen molar-refractivity contribution in [1.29, 1.82) is 0 Å². The second kappa shape index (κ2) is 3.87. The van der Waals surface area contributed by atoms with Gasteiger partial charge in [-0.3, -0.25) is 9.69 Å². The van der Waals surface area contributed by atoms with Crippen LogP contribution >= 0.6 is 0 Å². The molecule has 0 N–H and O–H groups in total. The van der Waals surface area contributed by atoms with Gasteiger partial charge in [0.15, 0.2) is 5.78 Å². The summed E-state index contributed by atoms with van der Waals surface area (Å²) in [6.07, 6.45) is 2.91. The Morgan fingerprint density at radius 1 is 1.40 bits per heavy atom. The number of hydrogen-bond donors (Lipinski definition) is 0. The van der Waals surface area contributed by atoms with Gasteiger partial charge in [-0.25, -0.2) is 0 Å². The van der Waals surface area contributed by atoms with Crippen LogP contribution in [-0.2, 0) is 9.53 Å². The summed E-state index contributed by atoms with van der Waals surface area (Å²) in [6, 6.07) is 0. The summed E-state index contributed by atoms with van der Waals surface area (Å²) in [5.74, 6) is 0.436. The number of Topliss-reactive ketones (excluding diaryl/α,β-unsaturated/α-hetero) is 1. The maximum absolute atomic E-state index is 12.1. The molecule has 2 aliphatic rings. The molecule has 0 radical (unpaired) electrons. The lowest BCUT2D eigenvalue weighted by Crippen LogP contribution is -2.55. The van der Waals surface area contributed by atoms with Crippen molar-refractivity contribution in [3.05, 3.63) is 0 Å². The van der Waals surface area contributed by atoms with Gasteiger partial charge in [0.25, 0.3) is 0 Å². The lowest BCUT2D eigenvalue weighted by molar-refractivity contribution is -0.140. The van der Waals surface area contributed by atoms with Crippen molar-refractivity contribution in [2.75, 3.05) is 13.1 Å². The molecular formula is C12H21NO2. The summed E-state index contributed by atoms with van der Waals surface area (Å²) in [6.45, 7) is 8.22. The molecule has 3 heteroatoms. The van der Waals surface area contributed by atoms with Crippen LogP contribution in [0.15, 0.2) is 0 Å². The summed E-state index contributed by atoms with van der Waals surface area (Å²) in [5, 5.41) is 0. The quantitative estimate of drug-likeness (QED) is 0.660. The zero-order valence-electron chi connectivity index (χ0n) is 9.95. The van der Waals surface area contributed by atoms with Crippen LogP contribution in [0.5, 0.6) is 0 Å². The normalized spacial score (nSPS) is 42.7. The van der Waals surface area contributed by atoms with Crippen LogP contribution in [0, 0.1) is 0 Å².